The number of carboxylic acid groups (broad SMARTS) is 1. The second-order valence-corrected chi connectivity index (χ2v) is 11.9. The molecule has 1 aromatic carbocycles. The molecule has 0 radical (unpaired) electrons. The number of hydrogen-bond acceptors (Lipinski definition) is 6. The number of aromatic nitrogens is 1. The SMILES string of the molecule is CC(C)(C)NS(=O)(=O)c1ccc(NC(=O)[C@H](CC2CCN(C(=O)O)CC2)NC(=O)c2ccc(F)cn2)cc1. The summed E-state index contributed by atoms with van der Waals surface area (Å²) in [5.74, 6) is -1.84. The van der Waals surface area contributed by atoms with E-state index in [1.807, 2.05) is 0 Å². The van der Waals surface area contributed by atoms with Crippen molar-refractivity contribution in [3.8, 4) is 0 Å². The van der Waals surface area contributed by atoms with E-state index in [0.29, 0.717) is 31.6 Å². The Labute approximate surface area is 220 Å². The standard InChI is InChI=1S/C25H32FN5O6S/c1-25(2,3)30-38(36,37)19-7-5-18(6-8-19)28-23(33)21(14-16-10-12-31(13-11-16)24(34)35)29-22(32)20-9-4-17(26)15-27-20/h4-9,15-16,21,30H,10-14H2,1-3H3,(H,28,33)(H,29,32)(H,34,35)/t21-/m0/s1. The highest BCUT2D eigenvalue weighted by molar-refractivity contribution is 7.89. The summed E-state index contributed by atoms with van der Waals surface area (Å²) in [5.41, 5.74) is -0.410. The third kappa shape index (κ3) is 8.21. The van der Waals surface area contributed by atoms with Crippen LogP contribution in [-0.2, 0) is 14.8 Å². The van der Waals surface area contributed by atoms with Gasteiger partial charge >= 0.3 is 6.09 Å². The Kier molecular flexibility index (Phi) is 9.05. The fourth-order valence-corrected chi connectivity index (χ4v) is 5.49. The van der Waals surface area contributed by atoms with Crippen LogP contribution in [0.1, 0.15) is 50.5 Å². The van der Waals surface area contributed by atoms with Crippen molar-refractivity contribution in [2.45, 2.75) is 56.5 Å². The lowest BCUT2D eigenvalue weighted by molar-refractivity contribution is -0.118. The Morgan fingerprint density at radius 2 is 1.74 bits per heavy atom. The lowest BCUT2D eigenvalue weighted by Crippen LogP contribution is -2.46. The molecule has 1 fully saturated rings. The molecule has 1 aliphatic heterocycles. The minimum atomic E-state index is -3.76. The average molecular weight is 550 g/mol. The molecular weight excluding hydrogens is 517 g/mol. The molecule has 4 N–H and O–H groups in total. The second-order valence-electron chi connectivity index (χ2n) is 10.2. The van der Waals surface area contributed by atoms with Gasteiger partial charge in [0, 0.05) is 24.3 Å². The first kappa shape index (κ1) is 29.0. The first-order valence-corrected chi connectivity index (χ1v) is 13.6. The molecule has 0 aliphatic carbocycles. The van der Waals surface area contributed by atoms with Gasteiger partial charge in [0.25, 0.3) is 5.91 Å². The smallest absolute Gasteiger partial charge is 0.407 e. The molecule has 0 unspecified atom stereocenters. The Hall–Kier alpha value is -3.58. The molecule has 206 valence electrons. The second kappa shape index (κ2) is 11.9. The van der Waals surface area contributed by atoms with Crippen LogP contribution in [0.4, 0.5) is 14.9 Å². The monoisotopic (exact) mass is 549 g/mol. The molecule has 1 aromatic heterocycles. The van der Waals surface area contributed by atoms with Gasteiger partial charge < -0.3 is 20.6 Å². The van der Waals surface area contributed by atoms with E-state index < -0.39 is 45.3 Å². The third-order valence-corrected chi connectivity index (χ3v) is 7.68. The molecule has 11 nitrogen and oxygen atoms in total. The van der Waals surface area contributed by atoms with E-state index in [4.69, 9.17) is 0 Å². The van der Waals surface area contributed by atoms with Gasteiger partial charge in [-0.25, -0.2) is 27.3 Å². The average Bonchev–Trinajstić information content (AvgIpc) is 2.83. The summed E-state index contributed by atoms with van der Waals surface area (Å²) in [6.07, 6.45) is 1.18. The fourth-order valence-electron chi connectivity index (χ4n) is 4.08. The first-order valence-electron chi connectivity index (χ1n) is 12.1. The number of anilines is 1. The van der Waals surface area contributed by atoms with Gasteiger partial charge in [-0.2, -0.15) is 0 Å². The highest BCUT2D eigenvalue weighted by atomic mass is 32.2. The summed E-state index contributed by atoms with van der Waals surface area (Å²) < 4.78 is 40.8. The number of benzene rings is 1. The minimum absolute atomic E-state index is 0.0289. The number of halogens is 1. The molecule has 1 atom stereocenters. The summed E-state index contributed by atoms with van der Waals surface area (Å²) in [4.78, 5) is 42.2. The predicted molar refractivity (Wildman–Crippen MR) is 138 cm³/mol. The normalized spacial score (nSPS) is 15.5. The molecule has 13 heteroatoms. The molecule has 3 rings (SSSR count). The summed E-state index contributed by atoms with van der Waals surface area (Å²) in [7, 11) is -3.76. The summed E-state index contributed by atoms with van der Waals surface area (Å²) >= 11 is 0. The third-order valence-electron chi connectivity index (χ3n) is 5.91. The fraction of sp³-hybridized carbons (Fsp3) is 0.440. The van der Waals surface area contributed by atoms with Crippen molar-refractivity contribution in [2.75, 3.05) is 18.4 Å². The van der Waals surface area contributed by atoms with Gasteiger partial charge in [0.15, 0.2) is 0 Å². The number of nitrogens with zero attached hydrogens (tertiary/aromatic N) is 2. The molecule has 3 amide bonds. The van der Waals surface area contributed by atoms with E-state index in [9.17, 15) is 32.3 Å². The number of carbonyl (C=O) groups is 3. The maximum Gasteiger partial charge on any atom is 0.407 e. The Morgan fingerprint density at radius 3 is 2.26 bits per heavy atom. The number of sulfonamides is 1. The first-order chi connectivity index (χ1) is 17.7. The maximum atomic E-state index is 13.2. The molecule has 2 aromatic rings. The number of carbonyl (C=O) groups excluding carboxylic acids is 2. The van der Waals surface area contributed by atoms with Crippen LogP contribution in [0.3, 0.4) is 0 Å². The zero-order chi connectivity index (χ0) is 28.1. The van der Waals surface area contributed by atoms with Crippen LogP contribution < -0.4 is 15.4 Å². The topological polar surface area (TPSA) is 158 Å². The van der Waals surface area contributed by atoms with E-state index >= 15 is 0 Å². The number of rotatable bonds is 8. The van der Waals surface area contributed by atoms with Gasteiger partial charge in [0.05, 0.1) is 11.1 Å². The minimum Gasteiger partial charge on any atom is -0.465 e. The van der Waals surface area contributed by atoms with Crippen molar-refractivity contribution in [2.24, 2.45) is 5.92 Å². The van der Waals surface area contributed by atoms with Crippen LogP contribution in [-0.4, -0.2) is 66.0 Å². The molecule has 0 spiro atoms. The van der Waals surface area contributed by atoms with Gasteiger partial charge in [-0.15, -0.1) is 0 Å². The molecular formula is C25H32FN5O6S. The van der Waals surface area contributed by atoms with Crippen molar-refractivity contribution < 1.29 is 32.3 Å². The van der Waals surface area contributed by atoms with Gasteiger partial charge in [-0.1, -0.05) is 0 Å². The number of amides is 3. The van der Waals surface area contributed by atoms with E-state index in [0.717, 1.165) is 12.3 Å². The Bertz CT molecular complexity index is 1250. The van der Waals surface area contributed by atoms with Crippen molar-refractivity contribution in [1.82, 2.24) is 19.9 Å². The lowest BCUT2D eigenvalue weighted by Gasteiger charge is -2.32. The number of nitrogens with one attached hydrogen (secondary N) is 3. The van der Waals surface area contributed by atoms with E-state index in [1.54, 1.807) is 20.8 Å². The predicted octanol–water partition coefficient (Wildman–Crippen LogP) is 2.81. The van der Waals surface area contributed by atoms with Gasteiger partial charge in [-0.3, -0.25) is 9.59 Å². The molecule has 2 heterocycles. The van der Waals surface area contributed by atoms with E-state index in [-0.39, 0.29) is 22.9 Å². The highest BCUT2D eigenvalue weighted by Gasteiger charge is 2.29. The van der Waals surface area contributed by atoms with Crippen LogP contribution in [0.5, 0.6) is 0 Å². The van der Waals surface area contributed by atoms with Gasteiger partial charge in [-0.05, 0) is 82.3 Å². The van der Waals surface area contributed by atoms with Crippen LogP contribution in [0.15, 0.2) is 47.5 Å². The van der Waals surface area contributed by atoms with Gasteiger partial charge in [0.2, 0.25) is 15.9 Å². The summed E-state index contributed by atoms with van der Waals surface area (Å²) in [6.45, 7) is 5.81. The Morgan fingerprint density at radius 1 is 1.11 bits per heavy atom. The van der Waals surface area contributed by atoms with Gasteiger partial charge in [0.1, 0.15) is 17.6 Å². The summed E-state index contributed by atoms with van der Waals surface area (Å²) in [5, 5.41) is 14.5. The number of likely N-dealkylation sites (tertiary alicyclic amines) is 1. The number of pyridine rings is 1. The Balaban J connectivity index is 1.73. The van der Waals surface area contributed by atoms with E-state index in [2.05, 4.69) is 20.3 Å². The van der Waals surface area contributed by atoms with Crippen molar-refractivity contribution >= 4 is 33.6 Å². The molecule has 1 aliphatic rings. The summed E-state index contributed by atoms with van der Waals surface area (Å²) in [6, 6.07) is 6.91. The van der Waals surface area contributed by atoms with E-state index in [1.165, 1.54) is 35.2 Å². The highest BCUT2D eigenvalue weighted by Crippen LogP contribution is 2.23. The van der Waals surface area contributed by atoms with Crippen LogP contribution in [0, 0.1) is 11.7 Å². The molecule has 1 saturated heterocycles. The quantitative estimate of drug-likeness (QED) is 0.394. The molecule has 38 heavy (non-hydrogen) atoms. The van der Waals surface area contributed by atoms with Crippen LogP contribution in [0.2, 0.25) is 0 Å². The molecule has 0 bridgehead atoms. The lowest BCUT2D eigenvalue weighted by atomic mass is 9.90. The maximum absolute atomic E-state index is 13.2. The van der Waals surface area contributed by atoms with Crippen LogP contribution >= 0.6 is 0 Å². The number of piperidine rings is 1. The molecule has 0 saturated carbocycles. The van der Waals surface area contributed by atoms with Crippen molar-refractivity contribution in [3.05, 3.63) is 54.1 Å². The zero-order valence-electron chi connectivity index (χ0n) is 21.4. The van der Waals surface area contributed by atoms with Crippen molar-refractivity contribution in [3.63, 3.8) is 0 Å². The van der Waals surface area contributed by atoms with Crippen molar-refractivity contribution in [1.29, 1.82) is 0 Å². The zero-order valence-corrected chi connectivity index (χ0v) is 22.2. The largest absolute Gasteiger partial charge is 0.465 e. The van der Waals surface area contributed by atoms with Crippen LogP contribution in [0.25, 0.3) is 0 Å². The number of hydrogen-bond donors (Lipinski definition) is 4.